The van der Waals surface area contributed by atoms with E-state index in [2.05, 4.69) is 27.7 Å². The van der Waals surface area contributed by atoms with Crippen molar-refractivity contribution in [2.75, 3.05) is 13.2 Å². The monoisotopic (exact) mass is 254 g/mol. The second-order valence-corrected chi connectivity index (χ2v) is 4.61. The van der Waals surface area contributed by atoms with Gasteiger partial charge in [0.15, 0.2) is 0 Å². The normalized spacial score (nSPS) is 27.9. The lowest BCUT2D eigenvalue weighted by molar-refractivity contribution is 0.110. The second kappa shape index (κ2) is 5.75. The van der Waals surface area contributed by atoms with Crippen LogP contribution < -0.4 is 10.9 Å². The Balaban J connectivity index is 1.60. The Morgan fingerprint density at radius 2 is 1.89 bits per heavy atom. The van der Waals surface area contributed by atoms with Crippen molar-refractivity contribution >= 4 is 12.2 Å². The van der Waals surface area contributed by atoms with Crippen LogP contribution in [0, 0.1) is 17.8 Å². The molecule has 0 aromatic rings. The van der Waals surface area contributed by atoms with Crippen molar-refractivity contribution in [2.24, 2.45) is 17.8 Å². The number of carbonyl (C=O) groups is 2. The Kier molecular flexibility index (Phi) is 4.07. The van der Waals surface area contributed by atoms with Crippen molar-refractivity contribution in [1.82, 2.24) is 10.9 Å². The molecule has 3 atom stereocenters. The number of carbonyl (C=O) groups excluding carboxylic acids is 2. The number of fused-ring (bicyclic) bond motifs is 2. The molecule has 0 aromatic heterocycles. The van der Waals surface area contributed by atoms with Gasteiger partial charge < -0.3 is 9.47 Å². The van der Waals surface area contributed by atoms with Crippen LogP contribution in [0.4, 0.5) is 9.59 Å². The van der Waals surface area contributed by atoms with Gasteiger partial charge in [-0.05, 0) is 31.6 Å². The lowest BCUT2D eigenvalue weighted by atomic mass is 9.95. The minimum atomic E-state index is -0.697. The predicted molar refractivity (Wildman–Crippen MR) is 63.5 cm³/mol. The third-order valence-corrected chi connectivity index (χ3v) is 3.39. The van der Waals surface area contributed by atoms with E-state index in [0.717, 1.165) is 6.42 Å². The summed E-state index contributed by atoms with van der Waals surface area (Å²) in [5.41, 5.74) is 4.22. The maximum atomic E-state index is 11.3. The molecule has 0 aliphatic heterocycles. The zero-order chi connectivity index (χ0) is 13.0. The molecule has 6 nitrogen and oxygen atoms in total. The fourth-order valence-electron chi connectivity index (χ4n) is 2.57. The fraction of sp³-hybridized carbons (Fsp3) is 0.667. The van der Waals surface area contributed by atoms with Crippen LogP contribution in [0.1, 0.15) is 19.8 Å². The minimum absolute atomic E-state index is 0.250. The summed E-state index contributed by atoms with van der Waals surface area (Å²) >= 11 is 0. The van der Waals surface area contributed by atoms with Gasteiger partial charge in [0.2, 0.25) is 0 Å². The molecular formula is C12H18N2O4. The number of nitrogens with one attached hydrogen (secondary N) is 2. The molecular weight excluding hydrogens is 236 g/mol. The van der Waals surface area contributed by atoms with E-state index in [1.54, 1.807) is 6.92 Å². The number of ether oxygens (including phenoxy) is 2. The summed E-state index contributed by atoms with van der Waals surface area (Å²) in [5.74, 6) is 1.61. The van der Waals surface area contributed by atoms with Gasteiger partial charge in [0.25, 0.3) is 0 Å². The van der Waals surface area contributed by atoms with E-state index in [1.165, 1.54) is 6.42 Å². The van der Waals surface area contributed by atoms with E-state index in [1.807, 2.05) is 0 Å². The summed E-state index contributed by atoms with van der Waals surface area (Å²) in [4.78, 5) is 22.2. The highest BCUT2D eigenvalue weighted by Crippen LogP contribution is 2.43. The third kappa shape index (κ3) is 3.15. The van der Waals surface area contributed by atoms with Crippen molar-refractivity contribution < 1.29 is 19.1 Å². The molecule has 0 radical (unpaired) electrons. The van der Waals surface area contributed by atoms with Gasteiger partial charge in [-0.2, -0.15) is 0 Å². The standard InChI is InChI=1S/C12H18N2O4/c1-2-17-11(15)13-14-12(16)18-7-10-6-8-3-4-9(10)5-8/h3-4,8-10H,2,5-7H2,1H3,(H,13,15)(H,14,16)/t8-,9+,10?/m0/s1. The molecule has 100 valence electrons. The maximum absolute atomic E-state index is 11.3. The number of rotatable bonds is 3. The van der Waals surface area contributed by atoms with Gasteiger partial charge in [-0.1, -0.05) is 12.2 Å². The van der Waals surface area contributed by atoms with E-state index in [9.17, 15) is 9.59 Å². The smallest absolute Gasteiger partial charge is 0.426 e. The Hall–Kier alpha value is -1.72. The zero-order valence-electron chi connectivity index (χ0n) is 10.3. The molecule has 2 rings (SSSR count). The second-order valence-electron chi connectivity index (χ2n) is 4.61. The molecule has 1 unspecified atom stereocenters. The molecule has 0 heterocycles. The van der Waals surface area contributed by atoms with Crippen LogP contribution in [-0.2, 0) is 9.47 Å². The largest absolute Gasteiger partial charge is 0.449 e. The summed E-state index contributed by atoms with van der Waals surface area (Å²) in [5, 5.41) is 0. The van der Waals surface area contributed by atoms with Crippen LogP contribution in [0.2, 0.25) is 0 Å². The highest BCUT2D eigenvalue weighted by Gasteiger charge is 2.36. The number of hydrogen-bond acceptors (Lipinski definition) is 4. The van der Waals surface area contributed by atoms with Gasteiger partial charge in [-0.25, -0.2) is 20.4 Å². The third-order valence-electron chi connectivity index (χ3n) is 3.39. The quantitative estimate of drug-likeness (QED) is 0.592. The summed E-state index contributed by atoms with van der Waals surface area (Å²) in [6, 6.07) is 0. The van der Waals surface area contributed by atoms with E-state index in [4.69, 9.17) is 4.74 Å². The molecule has 2 aliphatic carbocycles. The van der Waals surface area contributed by atoms with E-state index >= 15 is 0 Å². The number of amides is 2. The summed E-state index contributed by atoms with van der Waals surface area (Å²) in [6.07, 6.45) is 5.35. The molecule has 0 saturated heterocycles. The Bertz CT molecular complexity index is 356. The first-order valence-electron chi connectivity index (χ1n) is 6.23. The van der Waals surface area contributed by atoms with Gasteiger partial charge in [-0.3, -0.25) is 0 Å². The van der Waals surface area contributed by atoms with Crippen LogP contribution in [-0.4, -0.2) is 25.4 Å². The zero-order valence-corrected chi connectivity index (χ0v) is 10.3. The van der Waals surface area contributed by atoms with Crippen molar-refractivity contribution in [2.45, 2.75) is 19.8 Å². The number of hydrazine groups is 1. The van der Waals surface area contributed by atoms with Crippen molar-refractivity contribution in [3.63, 3.8) is 0 Å². The van der Waals surface area contributed by atoms with E-state index in [0.29, 0.717) is 24.4 Å². The summed E-state index contributed by atoms with van der Waals surface area (Å²) in [7, 11) is 0. The van der Waals surface area contributed by atoms with Crippen molar-refractivity contribution in [3.8, 4) is 0 Å². The molecule has 2 amide bonds. The van der Waals surface area contributed by atoms with Crippen LogP contribution in [0.3, 0.4) is 0 Å². The molecule has 18 heavy (non-hydrogen) atoms. The molecule has 6 heteroatoms. The lowest BCUT2D eigenvalue weighted by Crippen LogP contribution is -2.42. The Morgan fingerprint density at radius 1 is 1.17 bits per heavy atom. The predicted octanol–water partition coefficient (Wildman–Crippen LogP) is 1.59. The highest BCUT2D eigenvalue weighted by atomic mass is 16.6. The van der Waals surface area contributed by atoms with Gasteiger partial charge in [0, 0.05) is 5.92 Å². The molecule has 0 aromatic carbocycles. The summed E-state index contributed by atoms with van der Waals surface area (Å²) < 4.78 is 9.63. The molecule has 2 N–H and O–H groups in total. The topological polar surface area (TPSA) is 76.7 Å². The van der Waals surface area contributed by atoms with Crippen LogP contribution in [0.5, 0.6) is 0 Å². The van der Waals surface area contributed by atoms with Crippen LogP contribution in [0.15, 0.2) is 12.2 Å². The first-order valence-corrected chi connectivity index (χ1v) is 6.23. The lowest BCUT2D eigenvalue weighted by Gasteiger charge is -2.17. The van der Waals surface area contributed by atoms with Gasteiger partial charge in [-0.15, -0.1) is 0 Å². The fourth-order valence-corrected chi connectivity index (χ4v) is 2.57. The first-order chi connectivity index (χ1) is 8.69. The summed E-state index contributed by atoms with van der Waals surface area (Å²) in [6.45, 7) is 2.32. The van der Waals surface area contributed by atoms with Gasteiger partial charge >= 0.3 is 12.2 Å². The Morgan fingerprint density at radius 3 is 2.44 bits per heavy atom. The maximum Gasteiger partial charge on any atom is 0.426 e. The average Bonchev–Trinajstić information content (AvgIpc) is 2.96. The van der Waals surface area contributed by atoms with Gasteiger partial charge in [0.05, 0.1) is 13.2 Å². The highest BCUT2D eigenvalue weighted by molar-refractivity contribution is 5.73. The van der Waals surface area contributed by atoms with E-state index < -0.39 is 12.2 Å². The van der Waals surface area contributed by atoms with E-state index in [-0.39, 0.29) is 6.61 Å². The Labute approximate surface area is 106 Å². The minimum Gasteiger partial charge on any atom is -0.449 e. The molecule has 2 bridgehead atoms. The number of hydrogen-bond donors (Lipinski definition) is 2. The molecule has 2 aliphatic rings. The first kappa shape index (κ1) is 12.7. The molecule has 1 fully saturated rings. The number of allylic oxidation sites excluding steroid dienone is 2. The average molecular weight is 254 g/mol. The van der Waals surface area contributed by atoms with Gasteiger partial charge in [0.1, 0.15) is 0 Å². The SMILES string of the molecule is CCOC(=O)NNC(=O)OCC1C[C@H]2C=C[C@@H]1C2. The molecule has 0 spiro atoms. The van der Waals surface area contributed by atoms with Crippen molar-refractivity contribution in [1.29, 1.82) is 0 Å². The van der Waals surface area contributed by atoms with Crippen LogP contribution >= 0.6 is 0 Å². The molecule has 1 saturated carbocycles. The van der Waals surface area contributed by atoms with Crippen molar-refractivity contribution in [3.05, 3.63) is 12.2 Å². The van der Waals surface area contributed by atoms with Crippen LogP contribution in [0.25, 0.3) is 0 Å².